The molecular formula is C25H38N4O2. The summed E-state index contributed by atoms with van der Waals surface area (Å²) in [5.74, 6) is 0.392. The summed E-state index contributed by atoms with van der Waals surface area (Å²) >= 11 is 0. The van der Waals surface area contributed by atoms with Crippen LogP contribution in [0.25, 0.3) is 5.69 Å². The van der Waals surface area contributed by atoms with Crippen LogP contribution in [0.4, 0.5) is 5.82 Å². The van der Waals surface area contributed by atoms with Gasteiger partial charge in [-0.2, -0.15) is 5.10 Å². The molecule has 170 valence electrons. The number of hydrogen-bond acceptors (Lipinski definition) is 3. The van der Waals surface area contributed by atoms with E-state index in [-0.39, 0.29) is 23.8 Å². The van der Waals surface area contributed by atoms with Crippen LogP contribution in [0.3, 0.4) is 0 Å². The van der Waals surface area contributed by atoms with Gasteiger partial charge >= 0.3 is 0 Å². The highest BCUT2D eigenvalue weighted by Gasteiger charge is 2.22. The van der Waals surface area contributed by atoms with Gasteiger partial charge in [0, 0.05) is 24.9 Å². The standard InChI is InChI=1S/C25H38N4O2/c1-7-8-9-10-11-12-24(31)28(6)18-23(30)26-22-17-21(25(3,4)5)27-29(22)20-15-13-19(2)14-16-20/h13-17H,7-12,18H2,1-6H3,(H,26,30). The van der Waals surface area contributed by atoms with Crippen LogP contribution in [0.5, 0.6) is 0 Å². The van der Waals surface area contributed by atoms with E-state index < -0.39 is 0 Å². The number of carbonyl (C=O) groups excluding carboxylic acids is 2. The van der Waals surface area contributed by atoms with E-state index in [1.165, 1.54) is 17.7 Å². The number of carbonyl (C=O) groups is 2. The number of amides is 2. The molecule has 0 saturated heterocycles. The van der Waals surface area contributed by atoms with Gasteiger partial charge in [-0.1, -0.05) is 71.1 Å². The van der Waals surface area contributed by atoms with E-state index in [4.69, 9.17) is 5.10 Å². The average molecular weight is 427 g/mol. The first kappa shape index (κ1) is 24.6. The van der Waals surface area contributed by atoms with Crippen molar-refractivity contribution in [3.8, 4) is 5.69 Å². The Morgan fingerprint density at radius 2 is 1.71 bits per heavy atom. The number of hydrogen-bond donors (Lipinski definition) is 1. The Labute approximate surface area is 187 Å². The normalized spacial score (nSPS) is 11.4. The van der Waals surface area contributed by atoms with Gasteiger partial charge in [0.15, 0.2) is 0 Å². The van der Waals surface area contributed by atoms with E-state index in [9.17, 15) is 9.59 Å². The van der Waals surface area contributed by atoms with Gasteiger partial charge in [-0.15, -0.1) is 0 Å². The molecule has 1 aromatic heterocycles. The van der Waals surface area contributed by atoms with Gasteiger partial charge in [0.05, 0.1) is 17.9 Å². The number of aromatic nitrogens is 2. The number of nitrogens with zero attached hydrogens (tertiary/aromatic N) is 3. The minimum Gasteiger partial charge on any atom is -0.336 e. The Bertz CT molecular complexity index is 863. The first-order valence-electron chi connectivity index (χ1n) is 11.3. The van der Waals surface area contributed by atoms with Crippen LogP contribution >= 0.6 is 0 Å². The minimum absolute atomic E-state index is 0.00840. The van der Waals surface area contributed by atoms with Crippen molar-refractivity contribution in [2.75, 3.05) is 18.9 Å². The van der Waals surface area contributed by atoms with Crippen LogP contribution in [-0.4, -0.2) is 40.1 Å². The third-order valence-electron chi connectivity index (χ3n) is 5.32. The number of rotatable bonds is 10. The zero-order valence-electron chi connectivity index (χ0n) is 20.0. The molecule has 1 aromatic carbocycles. The first-order chi connectivity index (χ1) is 14.6. The number of nitrogens with one attached hydrogen (secondary N) is 1. The van der Waals surface area contributed by atoms with Gasteiger partial charge in [-0.05, 0) is 25.5 Å². The lowest BCUT2D eigenvalue weighted by molar-refractivity contribution is -0.133. The quantitative estimate of drug-likeness (QED) is 0.529. The summed E-state index contributed by atoms with van der Waals surface area (Å²) < 4.78 is 1.76. The number of aryl methyl sites for hydroxylation is 1. The smallest absolute Gasteiger partial charge is 0.245 e. The van der Waals surface area contributed by atoms with Gasteiger partial charge < -0.3 is 10.2 Å². The molecule has 2 amide bonds. The Kier molecular flexibility index (Phi) is 8.84. The molecular weight excluding hydrogens is 388 g/mol. The predicted octanol–water partition coefficient (Wildman–Crippen LogP) is 5.24. The second kappa shape index (κ2) is 11.1. The summed E-state index contributed by atoms with van der Waals surface area (Å²) in [4.78, 5) is 26.5. The highest BCUT2D eigenvalue weighted by Crippen LogP contribution is 2.26. The Hall–Kier alpha value is -2.63. The third kappa shape index (κ3) is 7.53. The SMILES string of the molecule is CCCCCCCC(=O)N(C)CC(=O)Nc1cc(C(C)(C)C)nn1-c1ccc(C)cc1. The van der Waals surface area contributed by atoms with Gasteiger partial charge in [-0.25, -0.2) is 4.68 Å². The molecule has 1 N–H and O–H groups in total. The zero-order valence-corrected chi connectivity index (χ0v) is 20.0. The van der Waals surface area contributed by atoms with Gasteiger partial charge in [0.25, 0.3) is 0 Å². The summed E-state index contributed by atoms with van der Waals surface area (Å²) in [5.41, 5.74) is 2.78. The van der Waals surface area contributed by atoms with Crippen molar-refractivity contribution < 1.29 is 9.59 Å². The molecule has 0 unspecified atom stereocenters. The summed E-state index contributed by atoms with van der Waals surface area (Å²) in [6.07, 6.45) is 5.97. The average Bonchev–Trinajstić information content (AvgIpc) is 3.12. The number of anilines is 1. The van der Waals surface area contributed by atoms with Crippen LogP contribution in [-0.2, 0) is 15.0 Å². The lowest BCUT2D eigenvalue weighted by Gasteiger charge is -2.17. The molecule has 0 aliphatic heterocycles. The molecule has 0 saturated carbocycles. The fourth-order valence-electron chi connectivity index (χ4n) is 3.28. The topological polar surface area (TPSA) is 67.2 Å². The predicted molar refractivity (Wildman–Crippen MR) is 127 cm³/mol. The molecule has 0 aliphatic rings. The van der Waals surface area contributed by atoms with E-state index >= 15 is 0 Å². The van der Waals surface area contributed by atoms with Crippen molar-refractivity contribution in [1.29, 1.82) is 0 Å². The molecule has 6 heteroatoms. The van der Waals surface area contributed by atoms with Crippen molar-refractivity contribution in [2.24, 2.45) is 0 Å². The summed E-state index contributed by atoms with van der Waals surface area (Å²) in [5, 5.41) is 7.69. The molecule has 0 spiro atoms. The fourth-order valence-corrected chi connectivity index (χ4v) is 3.28. The molecule has 0 bridgehead atoms. The molecule has 2 rings (SSSR count). The lowest BCUT2D eigenvalue weighted by atomic mass is 9.92. The van der Waals surface area contributed by atoms with Crippen LogP contribution in [0.15, 0.2) is 30.3 Å². The highest BCUT2D eigenvalue weighted by atomic mass is 16.2. The van der Waals surface area contributed by atoms with Crippen molar-refractivity contribution in [1.82, 2.24) is 14.7 Å². The second-order valence-corrected chi connectivity index (χ2v) is 9.37. The van der Waals surface area contributed by atoms with Crippen LogP contribution < -0.4 is 5.32 Å². The largest absolute Gasteiger partial charge is 0.336 e. The van der Waals surface area contributed by atoms with Gasteiger partial charge in [0.2, 0.25) is 11.8 Å². The molecule has 1 heterocycles. The van der Waals surface area contributed by atoms with E-state index in [0.29, 0.717) is 12.2 Å². The molecule has 0 radical (unpaired) electrons. The summed E-state index contributed by atoms with van der Waals surface area (Å²) in [6, 6.07) is 9.92. The molecule has 0 aliphatic carbocycles. The van der Waals surface area contributed by atoms with Crippen LogP contribution in [0, 0.1) is 6.92 Å². The molecule has 0 atom stereocenters. The maximum Gasteiger partial charge on any atom is 0.245 e. The van der Waals surface area contributed by atoms with E-state index in [1.807, 2.05) is 37.3 Å². The van der Waals surface area contributed by atoms with E-state index in [1.54, 1.807) is 11.7 Å². The van der Waals surface area contributed by atoms with Crippen molar-refractivity contribution in [3.05, 3.63) is 41.6 Å². The summed E-state index contributed by atoms with van der Waals surface area (Å²) in [6.45, 7) is 10.5. The van der Waals surface area contributed by atoms with Gasteiger partial charge in [0.1, 0.15) is 5.82 Å². The number of unbranched alkanes of at least 4 members (excludes halogenated alkanes) is 4. The molecule has 0 fully saturated rings. The zero-order chi connectivity index (χ0) is 23.0. The van der Waals surface area contributed by atoms with Crippen LogP contribution in [0.2, 0.25) is 0 Å². The monoisotopic (exact) mass is 426 g/mol. The molecule has 31 heavy (non-hydrogen) atoms. The van der Waals surface area contributed by atoms with Gasteiger partial charge in [-0.3, -0.25) is 9.59 Å². The maximum absolute atomic E-state index is 12.7. The van der Waals surface area contributed by atoms with Crippen molar-refractivity contribution >= 4 is 17.6 Å². The number of likely N-dealkylation sites (N-methyl/N-ethyl adjacent to an activating group) is 1. The van der Waals surface area contributed by atoms with Crippen LogP contribution in [0.1, 0.15) is 77.5 Å². The Balaban J connectivity index is 2.05. The maximum atomic E-state index is 12.7. The van der Waals surface area contributed by atoms with E-state index in [2.05, 4.69) is 33.0 Å². The van der Waals surface area contributed by atoms with Crippen molar-refractivity contribution in [2.45, 2.75) is 78.6 Å². The molecule has 2 aromatic rings. The summed E-state index contributed by atoms with van der Waals surface area (Å²) in [7, 11) is 1.69. The minimum atomic E-state index is -0.226. The third-order valence-corrected chi connectivity index (χ3v) is 5.32. The number of benzene rings is 1. The highest BCUT2D eigenvalue weighted by molar-refractivity contribution is 5.94. The first-order valence-corrected chi connectivity index (χ1v) is 11.3. The molecule has 6 nitrogen and oxygen atoms in total. The lowest BCUT2D eigenvalue weighted by Crippen LogP contribution is -2.35. The second-order valence-electron chi connectivity index (χ2n) is 9.37. The fraction of sp³-hybridized carbons (Fsp3) is 0.560. The Morgan fingerprint density at radius 1 is 1.06 bits per heavy atom. The van der Waals surface area contributed by atoms with E-state index in [0.717, 1.165) is 36.2 Å². The van der Waals surface area contributed by atoms with Crippen molar-refractivity contribution in [3.63, 3.8) is 0 Å². The Morgan fingerprint density at radius 3 is 2.32 bits per heavy atom.